The van der Waals surface area contributed by atoms with Gasteiger partial charge in [0.2, 0.25) is 5.91 Å². The molecule has 2 heterocycles. The van der Waals surface area contributed by atoms with Crippen LogP contribution in [0.5, 0.6) is 11.5 Å². The summed E-state index contributed by atoms with van der Waals surface area (Å²) >= 11 is 6.11. The summed E-state index contributed by atoms with van der Waals surface area (Å²) in [5.41, 5.74) is 1.87. The number of fused-ring (bicyclic) bond motifs is 1. The van der Waals surface area contributed by atoms with Crippen LogP contribution in [0.15, 0.2) is 42.5 Å². The molecule has 31 heavy (non-hydrogen) atoms. The maximum Gasteiger partial charge on any atom is 0.223 e. The molecule has 1 saturated heterocycles. The van der Waals surface area contributed by atoms with Crippen LogP contribution in [0.4, 0.5) is 0 Å². The van der Waals surface area contributed by atoms with Crippen LogP contribution in [0.25, 0.3) is 0 Å². The van der Waals surface area contributed by atoms with Gasteiger partial charge in [-0.05, 0) is 75.7 Å². The fraction of sp³-hybridized carbons (Fsp3) is 0.480. The molecule has 0 aliphatic carbocycles. The van der Waals surface area contributed by atoms with Crippen LogP contribution in [0.3, 0.4) is 0 Å². The first-order valence-electron chi connectivity index (χ1n) is 11.0. The number of benzene rings is 2. The normalized spacial score (nSPS) is 21.1. The van der Waals surface area contributed by atoms with E-state index in [0.717, 1.165) is 61.0 Å². The molecule has 6 heteroatoms. The minimum atomic E-state index is -0.333. The van der Waals surface area contributed by atoms with Gasteiger partial charge in [0, 0.05) is 29.5 Å². The standard InChI is InChI=1S/C25H31ClN2O3/c1-25(2)15-22(21-14-20(30-3)7-8-23(21)31-25)27-24(29)18-9-11-28(12-10-18)16-17-5-4-6-19(26)13-17/h4-8,13-14,18,22H,9-12,15-16H2,1-3H3,(H,27,29)/t22-/m0/s1. The first-order chi connectivity index (χ1) is 14.8. The highest BCUT2D eigenvalue weighted by molar-refractivity contribution is 6.30. The highest BCUT2D eigenvalue weighted by atomic mass is 35.5. The molecule has 166 valence electrons. The first kappa shape index (κ1) is 22.0. The Bertz CT molecular complexity index is 938. The van der Waals surface area contributed by atoms with Gasteiger partial charge in [-0.2, -0.15) is 0 Å². The van der Waals surface area contributed by atoms with E-state index in [2.05, 4.69) is 30.1 Å². The molecular formula is C25H31ClN2O3. The second-order valence-corrected chi connectivity index (χ2v) is 9.65. The number of hydrogen-bond donors (Lipinski definition) is 1. The van der Waals surface area contributed by atoms with Crippen molar-refractivity contribution in [1.82, 2.24) is 10.2 Å². The molecule has 2 aromatic carbocycles. The molecule has 2 aromatic rings. The van der Waals surface area contributed by atoms with Gasteiger partial charge in [0.25, 0.3) is 0 Å². The largest absolute Gasteiger partial charge is 0.497 e. The van der Waals surface area contributed by atoms with Crippen LogP contribution in [-0.2, 0) is 11.3 Å². The van der Waals surface area contributed by atoms with Crippen LogP contribution in [-0.4, -0.2) is 36.6 Å². The number of carbonyl (C=O) groups excluding carboxylic acids is 1. The quantitative estimate of drug-likeness (QED) is 0.709. The molecule has 0 radical (unpaired) electrons. The van der Waals surface area contributed by atoms with Crippen LogP contribution < -0.4 is 14.8 Å². The fourth-order valence-electron chi connectivity index (χ4n) is 4.62. The minimum absolute atomic E-state index is 0.0376. The molecule has 4 rings (SSSR count). The zero-order valence-electron chi connectivity index (χ0n) is 18.5. The van der Waals surface area contributed by atoms with Crippen molar-refractivity contribution in [1.29, 1.82) is 0 Å². The summed E-state index contributed by atoms with van der Waals surface area (Å²) in [7, 11) is 1.65. The van der Waals surface area contributed by atoms with E-state index in [1.54, 1.807) is 7.11 Å². The lowest BCUT2D eigenvalue weighted by molar-refractivity contribution is -0.127. The lowest BCUT2D eigenvalue weighted by Gasteiger charge is -2.39. The molecule has 0 bridgehead atoms. The van der Waals surface area contributed by atoms with Crippen molar-refractivity contribution in [3.63, 3.8) is 0 Å². The Morgan fingerprint density at radius 1 is 1.23 bits per heavy atom. The Kier molecular flexibility index (Phi) is 6.44. The van der Waals surface area contributed by atoms with Gasteiger partial charge in [-0.1, -0.05) is 23.7 Å². The molecule has 1 atom stereocenters. The maximum atomic E-state index is 13.1. The Hall–Kier alpha value is -2.24. The van der Waals surface area contributed by atoms with Crippen LogP contribution in [0, 0.1) is 5.92 Å². The van der Waals surface area contributed by atoms with Gasteiger partial charge in [-0.25, -0.2) is 0 Å². The number of nitrogens with zero attached hydrogens (tertiary/aromatic N) is 1. The van der Waals surface area contributed by atoms with Gasteiger partial charge in [0.1, 0.15) is 17.1 Å². The average Bonchev–Trinajstić information content (AvgIpc) is 2.73. The summed E-state index contributed by atoms with van der Waals surface area (Å²) in [6.45, 7) is 6.82. The maximum absolute atomic E-state index is 13.1. The SMILES string of the molecule is COc1ccc2c(c1)[C@@H](NC(=O)C1CCN(Cc3cccc(Cl)c3)CC1)CC(C)(C)O2. The van der Waals surface area contributed by atoms with Gasteiger partial charge in [-0.3, -0.25) is 9.69 Å². The molecule has 0 saturated carbocycles. The van der Waals surface area contributed by atoms with E-state index < -0.39 is 0 Å². The third-order valence-electron chi connectivity index (χ3n) is 6.24. The number of methoxy groups -OCH3 is 1. The minimum Gasteiger partial charge on any atom is -0.497 e. The van der Waals surface area contributed by atoms with E-state index in [1.807, 2.05) is 36.4 Å². The van der Waals surface area contributed by atoms with Gasteiger partial charge >= 0.3 is 0 Å². The van der Waals surface area contributed by atoms with E-state index in [0.29, 0.717) is 0 Å². The predicted octanol–water partition coefficient (Wildman–Crippen LogP) is 4.98. The van der Waals surface area contributed by atoms with Crippen molar-refractivity contribution in [2.75, 3.05) is 20.2 Å². The van der Waals surface area contributed by atoms with Crippen LogP contribution >= 0.6 is 11.6 Å². The summed E-state index contributed by atoms with van der Waals surface area (Å²) in [4.78, 5) is 15.5. The Balaban J connectivity index is 1.38. The molecule has 5 nitrogen and oxygen atoms in total. The van der Waals surface area contributed by atoms with Crippen molar-refractivity contribution < 1.29 is 14.3 Å². The number of likely N-dealkylation sites (tertiary alicyclic amines) is 1. The smallest absolute Gasteiger partial charge is 0.223 e. The van der Waals surface area contributed by atoms with Gasteiger partial charge in [0.05, 0.1) is 13.2 Å². The second-order valence-electron chi connectivity index (χ2n) is 9.21. The number of carbonyl (C=O) groups is 1. The average molecular weight is 443 g/mol. The number of piperidine rings is 1. The lowest BCUT2D eigenvalue weighted by Crippen LogP contribution is -2.45. The Morgan fingerprint density at radius 3 is 2.71 bits per heavy atom. The van der Waals surface area contributed by atoms with Crippen molar-refractivity contribution in [3.8, 4) is 11.5 Å². The predicted molar refractivity (Wildman–Crippen MR) is 123 cm³/mol. The molecular weight excluding hydrogens is 412 g/mol. The summed E-state index contributed by atoms with van der Waals surface area (Å²) in [5.74, 6) is 1.77. The molecule has 1 N–H and O–H groups in total. The Morgan fingerprint density at radius 2 is 2.00 bits per heavy atom. The van der Waals surface area contributed by atoms with Crippen molar-refractivity contribution in [3.05, 3.63) is 58.6 Å². The molecule has 1 fully saturated rings. The monoisotopic (exact) mass is 442 g/mol. The van der Waals surface area contributed by atoms with Gasteiger partial charge < -0.3 is 14.8 Å². The van der Waals surface area contributed by atoms with Crippen LogP contribution in [0.2, 0.25) is 5.02 Å². The van der Waals surface area contributed by atoms with E-state index in [1.165, 1.54) is 5.56 Å². The molecule has 0 spiro atoms. The van der Waals surface area contributed by atoms with E-state index in [4.69, 9.17) is 21.1 Å². The van der Waals surface area contributed by atoms with E-state index >= 15 is 0 Å². The number of nitrogens with one attached hydrogen (secondary N) is 1. The van der Waals surface area contributed by atoms with E-state index in [-0.39, 0.29) is 23.5 Å². The summed E-state index contributed by atoms with van der Waals surface area (Å²) in [6.07, 6.45) is 2.46. The third-order valence-corrected chi connectivity index (χ3v) is 6.48. The highest BCUT2D eigenvalue weighted by Crippen LogP contribution is 2.41. The summed E-state index contributed by atoms with van der Waals surface area (Å²) in [6, 6.07) is 13.7. The lowest BCUT2D eigenvalue weighted by atomic mass is 9.88. The first-order valence-corrected chi connectivity index (χ1v) is 11.3. The number of amides is 1. The highest BCUT2D eigenvalue weighted by Gasteiger charge is 2.36. The molecule has 0 aromatic heterocycles. The fourth-order valence-corrected chi connectivity index (χ4v) is 4.84. The van der Waals surface area contributed by atoms with Crippen molar-refractivity contribution in [2.24, 2.45) is 5.92 Å². The summed E-state index contributed by atoms with van der Waals surface area (Å²) < 4.78 is 11.5. The molecule has 1 amide bonds. The third kappa shape index (κ3) is 5.34. The van der Waals surface area contributed by atoms with Crippen LogP contribution in [0.1, 0.15) is 50.3 Å². The van der Waals surface area contributed by atoms with Crippen molar-refractivity contribution in [2.45, 2.75) is 51.3 Å². The molecule has 2 aliphatic rings. The Labute approximate surface area is 189 Å². The van der Waals surface area contributed by atoms with Gasteiger partial charge in [0.15, 0.2) is 0 Å². The topological polar surface area (TPSA) is 50.8 Å². The number of halogens is 1. The van der Waals surface area contributed by atoms with E-state index in [9.17, 15) is 4.79 Å². The van der Waals surface area contributed by atoms with Gasteiger partial charge in [-0.15, -0.1) is 0 Å². The molecule has 2 aliphatic heterocycles. The zero-order chi connectivity index (χ0) is 22.0. The number of hydrogen-bond acceptors (Lipinski definition) is 4. The van der Waals surface area contributed by atoms with Crippen molar-refractivity contribution >= 4 is 17.5 Å². The second kappa shape index (κ2) is 9.09. The molecule has 0 unspecified atom stereocenters. The zero-order valence-corrected chi connectivity index (χ0v) is 19.2. The summed E-state index contributed by atoms with van der Waals surface area (Å²) in [5, 5.41) is 4.08. The number of ether oxygens (including phenoxy) is 2. The number of rotatable bonds is 5.